The fourth-order valence-corrected chi connectivity index (χ4v) is 1.48. The van der Waals surface area contributed by atoms with Gasteiger partial charge in [0, 0.05) is 5.92 Å². The maximum atomic E-state index is 5.45. The van der Waals surface area contributed by atoms with Gasteiger partial charge < -0.3 is 18.9 Å². The molecular weight excluding hydrogens is 184 g/mol. The summed E-state index contributed by atoms with van der Waals surface area (Å²) in [6.45, 7) is 8.61. The van der Waals surface area contributed by atoms with Crippen LogP contribution in [0.3, 0.4) is 0 Å². The third-order valence-corrected chi connectivity index (χ3v) is 2.24. The van der Waals surface area contributed by atoms with Crippen LogP contribution in [0.4, 0.5) is 0 Å². The average Bonchev–Trinajstić information content (AvgIpc) is 2.19. The summed E-state index contributed by atoms with van der Waals surface area (Å²) in [5.41, 5.74) is 0.978. The van der Waals surface area contributed by atoms with Gasteiger partial charge in [-0.15, -0.1) is 0 Å². The molecule has 0 aromatic rings. The highest BCUT2D eigenvalue weighted by Gasteiger charge is 2.44. The fourth-order valence-electron chi connectivity index (χ4n) is 1.48. The highest BCUT2D eigenvalue weighted by atomic mass is 16.9. The lowest BCUT2D eigenvalue weighted by Crippen LogP contribution is -2.56. The van der Waals surface area contributed by atoms with Crippen LogP contribution in [0.5, 0.6) is 0 Å². The molecule has 80 valence electrons. The summed E-state index contributed by atoms with van der Waals surface area (Å²) in [5, 5.41) is 0. The highest BCUT2D eigenvalue weighted by molar-refractivity contribution is 4.87. The minimum absolute atomic E-state index is 0.312. The van der Waals surface area contributed by atoms with Gasteiger partial charge in [-0.3, -0.25) is 0 Å². The van der Waals surface area contributed by atoms with Gasteiger partial charge in [0.05, 0.1) is 26.4 Å². The zero-order valence-corrected chi connectivity index (χ0v) is 8.45. The molecule has 0 aromatic heterocycles. The molecule has 3 fully saturated rings. The predicted octanol–water partition coefficient (Wildman–Crippen LogP) is 0.926. The maximum Gasteiger partial charge on any atom is 0.307 e. The molecule has 4 heteroatoms. The summed E-state index contributed by atoms with van der Waals surface area (Å²) >= 11 is 0. The van der Waals surface area contributed by atoms with Crippen molar-refractivity contribution in [3.63, 3.8) is 0 Å². The number of rotatable bonds is 4. The second-order valence-corrected chi connectivity index (χ2v) is 3.93. The lowest BCUT2D eigenvalue weighted by Gasteiger charge is -2.44. The van der Waals surface area contributed by atoms with Crippen LogP contribution in [-0.2, 0) is 18.9 Å². The van der Waals surface area contributed by atoms with Crippen molar-refractivity contribution >= 4 is 0 Å². The van der Waals surface area contributed by atoms with E-state index in [1.165, 1.54) is 0 Å². The molecule has 3 rings (SSSR count). The van der Waals surface area contributed by atoms with Gasteiger partial charge in [0.2, 0.25) is 0 Å². The summed E-state index contributed by atoms with van der Waals surface area (Å²) in [7, 11) is 0. The molecule has 0 spiro atoms. The monoisotopic (exact) mass is 200 g/mol. The van der Waals surface area contributed by atoms with Crippen molar-refractivity contribution in [1.29, 1.82) is 0 Å². The Kier molecular flexibility index (Phi) is 2.88. The molecule has 0 unspecified atom stereocenters. The fraction of sp³-hybridized carbons (Fsp3) is 0.800. The van der Waals surface area contributed by atoms with Crippen LogP contribution in [0, 0.1) is 5.92 Å². The number of hydrogen-bond donors (Lipinski definition) is 0. The lowest BCUT2D eigenvalue weighted by atomic mass is 10.1. The molecule has 0 radical (unpaired) electrons. The van der Waals surface area contributed by atoms with E-state index in [2.05, 4.69) is 6.58 Å². The Morgan fingerprint density at radius 2 is 1.93 bits per heavy atom. The molecule has 3 aliphatic heterocycles. The zero-order valence-electron chi connectivity index (χ0n) is 8.45. The van der Waals surface area contributed by atoms with Crippen molar-refractivity contribution in [3.8, 4) is 0 Å². The van der Waals surface area contributed by atoms with Crippen molar-refractivity contribution in [1.82, 2.24) is 0 Å². The first-order chi connectivity index (χ1) is 6.70. The summed E-state index contributed by atoms with van der Waals surface area (Å²) in [4.78, 5) is 0. The maximum absolute atomic E-state index is 5.45. The summed E-state index contributed by atoms with van der Waals surface area (Å²) in [6, 6.07) is 0. The van der Waals surface area contributed by atoms with Gasteiger partial charge in [-0.25, -0.2) is 0 Å². The van der Waals surface area contributed by atoms with Crippen molar-refractivity contribution in [2.75, 3.05) is 33.0 Å². The molecule has 4 nitrogen and oxygen atoms in total. The molecule has 0 aliphatic carbocycles. The summed E-state index contributed by atoms with van der Waals surface area (Å²) < 4.78 is 21.7. The molecule has 0 amide bonds. The van der Waals surface area contributed by atoms with Crippen LogP contribution in [-0.4, -0.2) is 39.0 Å². The minimum atomic E-state index is -0.940. The van der Waals surface area contributed by atoms with E-state index < -0.39 is 5.97 Å². The van der Waals surface area contributed by atoms with E-state index in [9.17, 15) is 0 Å². The number of hydrogen-bond acceptors (Lipinski definition) is 4. The molecule has 0 aromatic carbocycles. The van der Waals surface area contributed by atoms with Crippen LogP contribution in [0.2, 0.25) is 0 Å². The van der Waals surface area contributed by atoms with Crippen LogP contribution in [0.25, 0.3) is 0 Å². The normalized spacial score (nSPS) is 35.9. The first kappa shape index (κ1) is 10.1. The Labute approximate surface area is 83.8 Å². The summed E-state index contributed by atoms with van der Waals surface area (Å²) in [5.74, 6) is -0.553. The number of ether oxygens (including phenoxy) is 4. The third-order valence-electron chi connectivity index (χ3n) is 2.24. The van der Waals surface area contributed by atoms with Crippen molar-refractivity contribution in [2.24, 2.45) is 5.92 Å². The largest absolute Gasteiger partial charge is 0.369 e. The Bertz CT molecular complexity index is 204. The minimum Gasteiger partial charge on any atom is -0.369 e. The molecular formula is C10H16O4. The van der Waals surface area contributed by atoms with Crippen molar-refractivity contribution in [3.05, 3.63) is 12.2 Å². The Hall–Kier alpha value is -0.420. The van der Waals surface area contributed by atoms with Gasteiger partial charge in [0.1, 0.15) is 6.61 Å². The van der Waals surface area contributed by atoms with Crippen LogP contribution < -0.4 is 0 Å². The first-order valence-corrected chi connectivity index (χ1v) is 4.84. The van der Waals surface area contributed by atoms with Gasteiger partial charge in [-0.2, -0.15) is 0 Å². The van der Waals surface area contributed by atoms with Gasteiger partial charge >= 0.3 is 5.97 Å². The van der Waals surface area contributed by atoms with E-state index in [1.54, 1.807) is 0 Å². The van der Waals surface area contributed by atoms with Crippen LogP contribution >= 0.6 is 0 Å². The molecule has 3 saturated heterocycles. The molecule has 2 bridgehead atoms. The van der Waals surface area contributed by atoms with Crippen LogP contribution in [0.1, 0.15) is 6.92 Å². The Balaban J connectivity index is 1.80. The SMILES string of the molecule is C=C(C)COCC12OCC(CO1)CO2. The van der Waals surface area contributed by atoms with Gasteiger partial charge in [0.25, 0.3) is 0 Å². The first-order valence-electron chi connectivity index (χ1n) is 4.84. The second kappa shape index (κ2) is 3.98. The predicted molar refractivity (Wildman–Crippen MR) is 49.7 cm³/mol. The Morgan fingerprint density at radius 3 is 2.43 bits per heavy atom. The van der Waals surface area contributed by atoms with E-state index in [4.69, 9.17) is 18.9 Å². The Morgan fingerprint density at radius 1 is 1.36 bits per heavy atom. The van der Waals surface area contributed by atoms with E-state index >= 15 is 0 Å². The van der Waals surface area contributed by atoms with Gasteiger partial charge in [-0.1, -0.05) is 12.2 Å². The second-order valence-electron chi connectivity index (χ2n) is 3.93. The van der Waals surface area contributed by atoms with E-state index in [0.717, 1.165) is 5.57 Å². The molecule has 3 aliphatic rings. The molecule has 0 atom stereocenters. The smallest absolute Gasteiger partial charge is 0.307 e. The summed E-state index contributed by atoms with van der Waals surface area (Å²) in [6.07, 6.45) is 0. The van der Waals surface area contributed by atoms with Crippen molar-refractivity contribution in [2.45, 2.75) is 12.9 Å². The third kappa shape index (κ3) is 2.15. The van der Waals surface area contributed by atoms with Gasteiger partial charge in [-0.05, 0) is 6.92 Å². The molecule has 0 saturated carbocycles. The molecule has 3 heterocycles. The van der Waals surface area contributed by atoms with E-state index in [1.807, 2.05) is 6.92 Å². The standard InChI is InChI=1S/C10H16O4/c1-8(2)3-11-7-10-12-4-9(5-13-10)6-14-10/h9H,1,3-7H2,2H3. The van der Waals surface area contributed by atoms with Crippen LogP contribution in [0.15, 0.2) is 12.2 Å². The van der Waals surface area contributed by atoms with E-state index in [0.29, 0.717) is 39.0 Å². The molecule has 0 N–H and O–H groups in total. The quantitative estimate of drug-likeness (QED) is 0.632. The molecule has 14 heavy (non-hydrogen) atoms. The van der Waals surface area contributed by atoms with E-state index in [-0.39, 0.29) is 0 Å². The highest BCUT2D eigenvalue weighted by Crippen LogP contribution is 2.30. The lowest BCUT2D eigenvalue weighted by molar-refractivity contribution is -0.457. The van der Waals surface area contributed by atoms with Crippen molar-refractivity contribution < 1.29 is 18.9 Å². The van der Waals surface area contributed by atoms with Gasteiger partial charge in [0.15, 0.2) is 0 Å². The number of fused-ring (bicyclic) bond motifs is 3. The average molecular weight is 200 g/mol. The zero-order chi connectivity index (χ0) is 10.0. The topological polar surface area (TPSA) is 36.9 Å².